The van der Waals surface area contributed by atoms with Gasteiger partial charge in [0.05, 0.1) is 26.4 Å². The molecule has 2 aliphatic rings. The second kappa shape index (κ2) is 3.73. The minimum atomic E-state index is 0.647. The Bertz CT molecular complexity index is 145. The van der Waals surface area contributed by atoms with Gasteiger partial charge in [-0.15, -0.1) is 0 Å². The number of nitrogens with zero attached hydrogens (tertiary/aromatic N) is 1. The maximum atomic E-state index is 5.44. The van der Waals surface area contributed by atoms with Crippen LogP contribution in [0.1, 0.15) is 6.92 Å². The topological polar surface area (TPSA) is 21.7 Å². The van der Waals surface area contributed by atoms with E-state index in [1.807, 2.05) is 0 Å². The number of ether oxygens (including phenoxy) is 2. The molecule has 0 spiro atoms. The summed E-state index contributed by atoms with van der Waals surface area (Å²) in [5.74, 6) is 0.697. The zero-order chi connectivity index (χ0) is 8.39. The predicted molar refractivity (Wildman–Crippen MR) is 46.2 cm³/mol. The van der Waals surface area contributed by atoms with Gasteiger partial charge in [0, 0.05) is 19.1 Å². The molecular formula is C9H17NO2. The van der Waals surface area contributed by atoms with Gasteiger partial charge in [-0.1, -0.05) is 6.92 Å². The van der Waals surface area contributed by atoms with Gasteiger partial charge in [-0.05, 0) is 5.92 Å². The fourth-order valence-corrected chi connectivity index (χ4v) is 2.02. The van der Waals surface area contributed by atoms with Crippen molar-refractivity contribution in [3.63, 3.8) is 0 Å². The average molecular weight is 171 g/mol. The van der Waals surface area contributed by atoms with E-state index in [0.717, 1.165) is 39.5 Å². The summed E-state index contributed by atoms with van der Waals surface area (Å²) < 4.78 is 10.8. The second-order valence-corrected chi connectivity index (χ2v) is 3.73. The molecule has 0 aromatic carbocycles. The first-order valence-electron chi connectivity index (χ1n) is 4.77. The molecule has 2 atom stereocenters. The summed E-state index contributed by atoms with van der Waals surface area (Å²) in [5, 5.41) is 0. The van der Waals surface area contributed by atoms with Crippen LogP contribution in [0.4, 0.5) is 0 Å². The molecule has 12 heavy (non-hydrogen) atoms. The zero-order valence-electron chi connectivity index (χ0n) is 7.66. The van der Waals surface area contributed by atoms with Crippen LogP contribution >= 0.6 is 0 Å². The van der Waals surface area contributed by atoms with Crippen molar-refractivity contribution in [2.45, 2.75) is 13.0 Å². The van der Waals surface area contributed by atoms with Crippen molar-refractivity contribution < 1.29 is 9.47 Å². The second-order valence-electron chi connectivity index (χ2n) is 3.73. The highest BCUT2D eigenvalue weighted by atomic mass is 16.5. The molecule has 1 unspecified atom stereocenters. The first kappa shape index (κ1) is 8.48. The van der Waals surface area contributed by atoms with Crippen LogP contribution in [-0.4, -0.2) is 50.5 Å². The summed E-state index contributed by atoms with van der Waals surface area (Å²) in [6.07, 6.45) is 0. The van der Waals surface area contributed by atoms with Gasteiger partial charge in [0.15, 0.2) is 0 Å². The summed E-state index contributed by atoms with van der Waals surface area (Å²) >= 11 is 0. The maximum Gasteiger partial charge on any atom is 0.0625 e. The van der Waals surface area contributed by atoms with E-state index in [0.29, 0.717) is 12.0 Å². The van der Waals surface area contributed by atoms with E-state index in [2.05, 4.69) is 11.8 Å². The molecule has 70 valence electrons. The third-order valence-corrected chi connectivity index (χ3v) is 2.84. The Hall–Kier alpha value is -0.120. The molecular weight excluding hydrogens is 154 g/mol. The Balaban J connectivity index is 1.89. The maximum absolute atomic E-state index is 5.44. The van der Waals surface area contributed by atoms with Crippen LogP contribution in [0, 0.1) is 5.92 Å². The minimum absolute atomic E-state index is 0.647. The summed E-state index contributed by atoms with van der Waals surface area (Å²) in [5.41, 5.74) is 0. The molecule has 3 nitrogen and oxygen atoms in total. The minimum Gasteiger partial charge on any atom is -0.379 e. The molecule has 2 saturated heterocycles. The van der Waals surface area contributed by atoms with Crippen molar-refractivity contribution in [2.75, 3.05) is 39.5 Å². The van der Waals surface area contributed by atoms with Crippen LogP contribution in [-0.2, 0) is 9.47 Å². The monoisotopic (exact) mass is 171 g/mol. The van der Waals surface area contributed by atoms with Crippen LogP contribution in [0.3, 0.4) is 0 Å². The van der Waals surface area contributed by atoms with Gasteiger partial charge < -0.3 is 9.47 Å². The predicted octanol–water partition coefficient (Wildman–Crippen LogP) is 0.353. The molecule has 2 rings (SSSR count). The quantitative estimate of drug-likeness (QED) is 0.568. The lowest BCUT2D eigenvalue weighted by Gasteiger charge is -2.33. The van der Waals surface area contributed by atoms with Crippen LogP contribution in [0.15, 0.2) is 0 Å². The fraction of sp³-hybridized carbons (Fsp3) is 1.00. The normalized spacial score (nSPS) is 38.8. The molecule has 2 aliphatic heterocycles. The molecule has 0 amide bonds. The lowest BCUT2D eigenvalue weighted by atomic mass is 10.0. The van der Waals surface area contributed by atoms with E-state index in [9.17, 15) is 0 Å². The lowest BCUT2D eigenvalue weighted by Crippen LogP contribution is -2.46. The largest absolute Gasteiger partial charge is 0.379 e. The Morgan fingerprint density at radius 2 is 1.83 bits per heavy atom. The van der Waals surface area contributed by atoms with Crippen molar-refractivity contribution in [3.05, 3.63) is 0 Å². The first-order valence-corrected chi connectivity index (χ1v) is 4.77. The summed E-state index contributed by atoms with van der Waals surface area (Å²) in [6, 6.07) is 0.647. The third kappa shape index (κ3) is 1.63. The Morgan fingerprint density at radius 1 is 1.08 bits per heavy atom. The molecule has 2 heterocycles. The SMILES string of the molecule is C[C@@H]1COCC1N1CCOCC1. The van der Waals surface area contributed by atoms with E-state index in [1.165, 1.54) is 0 Å². The molecule has 0 aromatic heterocycles. The van der Waals surface area contributed by atoms with Gasteiger partial charge >= 0.3 is 0 Å². The van der Waals surface area contributed by atoms with E-state index in [1.54, 1.807) is 0 Å². The molecule has 0 aliphatic carbocycles. The van der Waals surface area contributed by atoms with E-state index in [4.69, 9.17) is 9.47 Å². The highest BCUT2D eigenvalue weighted by Gasteiger charge is 2.30. The van der Waals surface area contributed by atoms with Crippen molar-refractivity contribution in [2.24, 2.45) is 5.92 Å². The van der Waals surface area contributed by atoms with Gasteiger partial charge in [0.2, 0.25) is 0 Å². The van der Waals surface area contributed by atoms with Gasteiger partial charge in [-0.2, -0.15) is 0 Å². The molecule has 2 fully saturated rings. The fourth-order valence-electron chi connectivity index (χ4n) is 2.02. The molecule has 0 radical (unpaired) electrons. The van der Waals surface area contributed by atoms with Crippen LogP contribution in [0.5, 0.6) is 0 Å². The number of hydrogen-bond acceptors (Lipinski definition) is 3. The third-order valence-electron chi connectivity index (χ3n) is 2.84. The lowest BCUT2D eigenvalue weighted by molar-refractivity contribution is 0.00896. The molecule has 3 heteroatoms. The summed E-state index contributed by atoms with van der Waals surface area (Å²) in [6.45, 7) is 8.07. The first-order chi connectivity index (χ1) is 5.88. The van der Waals surface area contributed by atoms with E-state index >= 15 is 0 Å². The summed E-state index contributed by atoms with van der Waals surface area (Å²) in [4.78, 5) is 2.50. The smallest absolute Gasteiger partial charge is 0.0625 e. The van der Waals surface area contributed by atoms with Crippen molar-refractivity contribution >= 4 is 0 Å². The number of rotatable bonds is 1. The van der Waals surface area contributed by atoms with Gasteiger partial charge in [-0.25, -0.2) is 0 Å². The molecule has 0 N–H and O–H groups in total. The zero-order valence-corrected chi connectivity index (χ0v) is 7.66. The highest BCUT2D eigenvalue weighted by Crippen LogP contribution is 2.19. The standard InChI is InChI=1S/C9H17NO2/c1-8-6-12-7-9(8)10-2-4-11-5-3-10/h8-9H,2-7H2,1H3/t8-,9?/m1/s1. The van der Waals surface area contributed by atoms with Crippen LogP contribution in [0.25, 0.3) is 0 Å². The average Bonchev–Trinajstić information content (AvgIpc) is 2.53. The Labute approximate surface area is 73.6 Å². The Morgan fingerprint density at radius 3 is 2.42 bits per heavy atom. The van der Waals surface area contributed by atoms with E-state index in [-0.39, 0.29) is 0 Å². The van der Waals surface area contributed by atoms with Crippen LogP contribution < -0.4 is 0 Å². The highest BCUT2D eigenvalue weighted by molar-refractivity contribution is 4.82. The number of morpholine rings is 1. The van der Waals surface area contributed by atoms with Gasteiger partial charge in [0.1, 0.15) is 0 Å². The van der Waals surface area contributed by atoms with Gasteiger partial charge in [0.25, 0.3) is 0 Å². The molecule has 0 bridgehead atoms. The molecule has 0 saturated carbocycles. The van der Waals surface area contributed by atoms with Gasteiger partial charge in [-0.3, -0.25) is 4.90 Å². The van der Waals surface area contributed by atoms with E-state index < -0.39 is 0 Å². The Kier molecular flexibility index (Phi) is 2.63. The van der Waals surface area contributed by atoms with Crippen molar-refractivity contribution in [3.8, 4) is 0 Å². The van der Waals surface area contributed by atoms with Crippen molar-refractivity contribution in [1.82, 2.24) is 4.90 Å². The van der Waals surface area contributed by atoms with Crippen molar-refractivity contribution in [1.29, 1.82) is 0 Å². The van der Waals surface area contributed by atoms with Crippen LogP contribution in [0.2, 0.25) is 0 Å². The summed E-state index contributed by atoms with van der Waals surface area (Å²) in [7, 11) is 0. The number of hydrogen-bond donors (Lipinski definition) is 0. The molecule has 0 aromatic rings.